The molecule has 2 bridgehead atoms. The Morgan fingerprint density at radius 2 is 2.15 bits per heavy atom. The summed E-state index contributed by atoms with van der Waals surface area (Å²) in [5, 5.41) is 16.9. The van der Waals surface area contributed by atoms with Crippen molar-refractivity contribution >= 4 is 17.7 Å². The summed E-state index contributed by atoms with van der Waals surface area (Å²) in [6.07, 6.45) is 17.1. The van der Waals surface area contributed by atoms with Crippen LogP contribution in [0, 0.1) is 37.0 Å². The third-order valence-electron chi connectivity index (χ3n) is 9.91. The molecule has 0 aromatic carbocycles. The summed E-state index contributed by atoms with van der Waals surface area (Å²) in [6, 6.07) is 2.13. The molecule has 214 valence electrons. The average molecular weight is 544 g/mol. The lowest BCUT2D eigenvalue weighted by Crippen LogP contribution is -2.50. The maximum atomic E-state index is 8.30. The molecule has 8 heteroatoms. The van der Waals surface area contributed by atoms with E-state index in [1.54, 1.807) is 7.11 Å². The number of anilines is 2. The van der Waals surface area contributed by atoms with Crippen molar-refractivity contribution in [1.82, 2.24) is 14.8 Å². The average Bonchev–Trinajstić information content (AvgIpc) is 3.27. The molecule has 4 N–H and O–H groups in total. The molecule has 8 nitrogen and oxygen atoms in total. The molecule has 0 amide bonds. The number of hydrogen-bond donors (Lipinski definition) is 3. The van der Waals surface area contributed by atoms with Gasteiger partial charge in [-0.2, -0.15) is 5.10 Å². The smallest absolute Gasteiger partial charge is 0.137 e. The highest BCUT2D eigenvalue weighted by Crippen LogP contribution is 2.45. The highest BCUT2D eigenvalue weighted by molar-refractivity contribution is 5.92. The summed E-state index contributed by atoms with van der Waals surface area (Å²) in [5.41, 5.74) is 13.6. The van der Waals surface area contributed by atoms with E-state index in [2.05, 4.69) is 40.0 Å². The van der Waals surface area contributed by atoms with Gasteiger partial charge < -0.3 is 26.1 Å². The van der Waals surface area contributed by atoms with Crippen LogP contribution in [0.3, 0.4) is 0 Å². The second kappa shape index (κ2) is 11.0. The van der Waals surface area contributed by atoms with Crippen LogP contribution in [-0.2, 0) is 24.2 Å². The fraction of sp³-hybridized carbons (Fsp3) is 0.594. The lowest BCUT2D eigenvalue weighted by atomic mass is 9.63. The molecule has 40 heavy (non-hydrogen) atoms. The predicted molar refractivity (Wildman–Crippen MR) is 161 cm³/mol. The Morgan fingerprint density at radius 1 is 1.27 bits per heavy atom. The van der Waals surface area contributed by atoms with Crippen LogP contribution in [0.5, 0.6) is 0 Å². The van der Waals surface area contributed by atoms with Crippen LogP contribution in [0.15, 0.2) is 30.1 Å². The van der Waals surface area contributed by atoms with Gasteiger partial charge in [-0.05, 0) is 88.3 Å². The summed E-state index contributed by atoms with van der Waals surface area (Å²) < 4.78 is 7.67. The number of nitrogens with two attached hydrogens (primary N) is 1. The summed E-state index contributed by atoms with van der Waals surface area (Å²) in [4.78, 5) is 7.21. The van der Waals surface area contributed by atoms with Crippen LogP contribution in [0.2, 0.25) is 0 Å². The minimum absolute atomic E-state index is 0.0973. The number of aryl methyl sites for hydroxylation is 2. The van der Waals surface area contributed by atoms with Gasteiger partial charge in [0.2, 0.25) is 0 Å². The number of nitrogens with one attached hydrogen (secondary N) is 2. The van der Waals surface area contributed by atoms with Crippen LogP contribution in [0.25, 0.3) is 0 Å². The molecule has 4 aliphatic rings. The van der Waals surface area contributed by atoms with E-state index >= 15 is 0 Å². The van der Waals surface area contributed by atoms with Gasteiger partial charge in [0, 0.05) is 61.3 Å². The molecular formula is C32H45N7O. The van der Waals surface area contributed by atoms with Gasteiger partial charge in [-0.3, -0.25) is 4.68 Å². The van der Waals surface area contributed by atoms with Gasteiger partial charge in [0.15, 0.2) is 0 Å². The quantitative estimate of drug-likeness (QED) is 0.392. The van der Waals surface area contributed by atoms with Crippen LogP contribution in [0.1, 0.15) is 73.2 Å². The lowest BCUT2D eigenvalue weighted by Gasteiger charge is -2.46. The van der Waals surface area contributed by atoms with Crippen LogP contribution in [-0.4, -0.2) is 46.7 Å². The van der Waals surface area contributed by atoms with E-state index in [0.29, 0.717) is 11.8 Å². The maximum absolute atomic E-state index is 8.30. The van der Waals surface area contributed by atoms with Crippen molar-refractivity contribution < 1.29 is 4.74 Å². The summed E-state index contributed by atoms with van der Waals surface area (Å²) in [5.74, 6) is 3.51. The number of rotatable bonds is 8. The Bertz CT molecular complexity index is 1330. The summed E-state index contributed by atoms with van der Waals surface area (Å²) in [7, 11) is 1.70. The summed E-state index contributed by atoms with van der Waals surface area (Å²) in [6.45, 7) is 7.74. The number of fused-ring (bicyclic) bond motifs is 3. The molecule has 0 spiro atoms. The van der Waals surface area contributed by atoms with E-state index in [4.69, 9.17) is 26.0 Å². The number of pyridine rings is 1. The highest BCUT2D eigenvalue weighted by Gasteiger charge is 2.41. The molecule has 6 rings (SSSR count). The Labute approximate surface area is 238 Å². The molecule has 2 aromatic rings. The SMILES string of the molecule is COC1=CCC(CNc2nc(C)cc(N3CCc4c(c(C)nn4CC4CCC5(N)CCCC4C5)C3)c2C=N)C=C1. The van der Waals surface area contributed by atoms with Gasteiger partial charge in [-0.1, -0.05) is 12.5 Å². The van der Waals surface area contributed by atoms with Gasteiger partial charge in [-0.15, -0.1) is 0 Å². The standard InChI is InChI=1S/C32H45N7O/c1-21-15-30(27(17-33)31(36-21)35-18-23-6-8-26(40-3)9-7-23)38-14-11-29-28(20-38)22(2)37-39(29)19-25-10-13-32(34)12-4-5-24(25)16-32/h6,8-9,15,17,23-25,33H,4-5,7,10-14,16,18-20,34H2,1-3H3,(H,35,36). The lowest BCUT2D eigenvalue weighted by molar-refractivity contribution is 0.0836. The van der Waals surface area contributed by atoms with E-state index in [-0.39, 0.29) is 5.54 Å². The fourth-order valence-corrected chi connectivity index (χ4v) is 7.64. The monoisotopic (exact) mass is 543 g/mol. The van der Waals surface area contributed by atoms with Crippen molar-refractivity contribution in [2.45, 2.75) is 83.8 Å². The molecule has 0 radical (unpaired) electrons. The van der Waals surface area contributed by atoms with Crippen molar-refractivity contribution in [2.24, 2.45) is 23.5 Å². The molecule has 2 aromatic heterocycles. The van der Waals surface area contributed by atoms with Crippen LogP contribution in [0.4, 0.5) is 11.5 Å². The first-order valence-corrected chi connectivity index (χ1v) is 15.1. The second-order valence-electron chi connectivity index (χ2n) is 12.6. The number of aromatic nitrogens is 3. The van der Waals surface area contributed by atoms with Crippen LogP contribution < -0.4 is 16.0 Å². The number of allylic oxidation sites excluding steroid dienone is 2. The van der Waals surface area contributed by atoms with Gasteiger partial charge in [-0.25, -0.2) is 4.98 Å². The van der Waals surface area contributed by atoms with E-state index in [0.717, 1.165) is 85.6 Å². The van der Waals surface area contributed by atoms with Crippen molar-refractivity contribution in [3.8, 4) is 0 Å². The zero-order chi connectivity index (χ0) is 27.9. The zero-order valence-electron chi connectivity index (χ0n) is 24.4. The van der Waals surface area contributed by atoms with E-state index in [1.807, 2.05) is 13.0 Å². The van der Waals surface area contributed by atoms with Gasteiger partial charge in [0.1, 0.15) is 11.6 Å². The number of methoxy groups -OCH3 is 1. The molecule has 2 saturated carbocycles. The third-order valence-corrected chi connectivity index (χ3v) is 9.91. The number of hydrogen-bond acceptors (Lipinski definition) is 7. The first kappa shape index (κ1) is 27.1. The normalized spacial score (nSPS) is 27.6. The van der Waals surface area contributed by atoms with E-state index in [1.165, 1.54) is 49.6 Å². The maximum Gasteiger partial charge on any atom is 0.137 e. The molecule has 0 saturated heterocycles. The third kappa shape index (κ3) is 5.30. The Morgan fingerprint density at radius 3 is 2.92 bits per heavy atom. The van der Waals surface area contributed by atoms with E-state index < -0.39 is 0 Å². The van der Waals surface area contributed by atoms with Crippen LogP contribution >= 0.6 is 0 Å². The fourth-order valence-electron chi connectivity index (χ4n) is 7.64. The molecule has 2 fully saturated rings. The first-order valence-electron chi connectivity index (χ1n) is 15.1. The van der Waals surface area contributed by atoms with Crippen molar-refractivity contribution in [1.29, 1.82) is 5.41 Å². The number of nitrogens with zero attached hydrogens (tertiary/aromatic N) is 4. The Kier molecular flexibility index (Phi) is 7.46. The van der Waals surface area contributed by atoms with E-state index in [9.17, 15) is 0 Å². The van der Waals surface area contributed by atoms with Crippen molar-refractivity contribution in [3.63, 3.8) is 0 Å². The summed E-state index contributed by atoms with van der Waals surface area (Å²) >= 11 is 0. The Hall–Kier alpha value is -3.13. The molecule has 1 aliphatic heterocycles. The first-order chi connectivity index (χ1) is 19.4. The van der Waals surface area contributed by atoms with Crippen molar-refractivity contribution in [3.05, 3.63) is 58.3 Å². The second-order valence-corrected chi connectivity index (χ2v) is 12.6. The highest BCUT2D eigenvalue weighted by atomic mass is 16.5. The Balaban J connectivity index is 1.18. The number of ether oxygens (including phenoxy) is 1. The van der Waals surface area contributed by atoms with Gasteiger partial charge in [0.05, 0.1) is 24.1 Å². The molecule has 4 unspecified atom stereocenters. The predicted octanol–water partition coefficient (Wildman–Crippen LogP) is 5.27. The molecule has 3 aliphatic carbocycles. The molecular weight excluding hydrogens is 498 g/mol. The largest absolute Gasteiger partial charge is 0.497 e. The molecule has 3 heterocycles. The molecule has 4 atom stereocenters. The minimum atomic E-state index is 0.0973. The van der Waals surface area contributed by atoms with Gasteiger partial charge in [0.25, 0.3) is 0 Å². The van der Waals surface area contributed by atoms with Crippen molar-refractivity contribution in [2.75, 3.05) is 30.4 Å². The minimum Gasteiger partial charge on any atom is -0.497 e. The topological polar surface area (TPSA) is 105 Å². The zero-order valence-corrected chi connectivity index (χ0v) is 24.4. The van der Waals surface area contributed by atoms with Gasteiger partial charge >= 0.3 is 0 Å².